The molecule has 1 fully saturated rings. The lowest BCUT2D eigenvalue weighted by molar-refractivity contribution is 0.124. The number of benzene rings is 2. The molecule has 0 radical (unpaired) electrons. The van der Waals surface area contributed by atoms with E-state index in [1.165, 1.54) is 11.9 Å². The van der Waals surface area contributed by atoms with Crippen LogP contribution in [0.25, 0.3) is 0 Å². The van der Waals surface area contributed by atoms with Gasteiger partial charge >= 0.3 is 0 Å². The van der Waals surface area contributed by atoms with Crippen molar-refractivity contribution in [3.63, 3.8) is 0 Å². The summed E-state index contributed by atoms with van der Waals surface area (Å²) < 4.78 is 17.6. The third kappa shape index (κ3) is 6.40. The van der Waals surface area contributed by atoms with Crippen LogP contribution in [0.3, 0.4) is 0 Å². The molecule has 2 aliphatic heterocycles. The van der Waals surface area contributed by atoms with Gasteiger partial charge in [0.2, 0.25) is 0 Å². The number of aromatic amines is 1. The molecular formula is C31H46N10O3. The summed E-state index contributed by atoms with van der Waals surface area (Å²) in [6.45, 7) is 4.36. The van der Waals surface area contributed by atoms with Gasteiger partial charge in [-0.25, -0.2) is 9.98 Å². The number of guanidine groups is 1. The van der Waals surface area contributed by atoms with Crippen molar-refractivity contribution in [3.05, 3.63) is 53.6 Å². The Morgan fingerprint density at radius 3 is 2.39 bits per heavy atom. The second-order valence-corrected chi connectivity index (χ2v) is 11.9. The molecule has 0 saturated carbocycles. The van der Waals surface area contributed by atoms with Gasteiger partial charge in [0, 0.05) is 56.0 Å². The lowest BCUT2D eigenvalue weighted by atomic mass is 9.78. The minimum atomic E-state index is -1.04. The smallest absolute Gasteiger partial charge is 0.198 e. The molecule has 44 heavy (non-hydrogen) atoms. The van der Waals surface area contributed by atoms with Crippen molar-refractivity contribution in [1.29, 1.82) is 0 Å². The highest BCUT2D eigenvalue weighted by molar-refractivity contribution is 5.98. The SMILES string of the molecule is COc1cc2c(cc1OC)C(N)(C1CCN(Cc3c(OCCN(C)C)cccc3N(C)C)CC1)N=C(N)N2Cc1ncn[nH]1. The van der Waals surface area contributed by atoms with Gasteiger partial charge < -0.3 is 40.4 Å². The zero-order valence-electron chi connectivity index (χ0n) is 26.7. The first-order chi connectivity index (χ1) is 21.1. The van der Waals surface area contributed by atoms with Gasteiger partial charge in [-0.2, -0.15) is 5.10 Å². The summed E-state index contributed by atoms with van der Waals surface area (Å²) >= 11 is 0. The number of nitrogens with two attached hydrogens (primary N) is 2. The zero-order valence-corrected chi connectivity index (χ0v) is 26.7. The van der Waals surface area contributed by atoms with E-state index >= 15 is 0 Å². The molecular weight excluding hydrogens is 560 g/mol. The first-order valence-electron chi connectivity index (χ1n) is 15.0. The van der Waals surface area contributed by atoms with Crippen LogP contribution in [0, 0.1) is 5.92 Å². The quantitative estimate of drug-likeness (QED) is 0.279. The van der Waals surface area contributed by atoms with Crippen LogP contribution in [0.1, 0.15) is 29.8 Å². The van der Waals surface area contributed by atoms with Gasteiger partial charge in [0.25, 0.3) is 0 Å². The molecule has 238 valence electrons. The van der Waals surface area contributed by atoms with Crippen molar-refractivity contribution in [2.75, 3.05) is 78.5 Å². The standard InChI is InChI=1S/C31H46N10O3/c1-38(2)14-15-44-26-9-7-8-24(39(3)4)22(26)18-40-12-10-21(11-13-40)31(33)23-16-27(42-5)28(43-6)17-25(23)41(30(32)36-31)19-29-34-20-35-37-29/h7-9,16-17,20-21H,10-15,18-19,33H2,1-6H3,(H2,32,36)(H,34,35,37). The molecule has 2 aliphatic rings. The van der Waals surface area contributed by atoms with E-state index in [0.717, 1.165) is 61.7 Å². The van der Waals surface area contributed by atoms with Gasteiger partial charge in [0.1, 0.15) is 30.2 Å². The largest absolute Gasteiger partial charge is 0.493 e. The van der Waals surface area contributed by atoms with Crippen molar-refractivity contribution in [2.45, 2.75) is 31.6 Å². The molecule has 0 bridgehead atoms. The number of nitrogens with zero attached hydrogens (tertiary/aromatic N) is 7. The second kappa shape index (κ2) is 13.3. The molecule has 2 aromatic carbocycles. The summed E-state index contributed by atoms with van der Waals surface area (Å²) in [6.07, 6.45) is 3.17. The number of aliphatic imine (C=N–C) groups is 1. The molecule has 0 aliphatic carbocycles. The number of aromatic nitrogens is 3. The van der Waals surface area contributed by atoms with E-state index in [1.807, 2.05) is 17.0 Å². The minimum absolute atomic E-state index is 0.0569. The van der Waals surface area contributed by atoms with Crippen molar-refractivity contribution in [1.82, 2.24) is 25.0 Å². The second-order valence-electron chi connectivity index (χ2n) is 11.9. The molecule has 1 aromatic heterocycles. The van der Waals surface area contributed by atoms with E-state index in [0.29, 0.717) is 36.4 Å². The number of methoxy groups -OCH3 is 2. The van der Waals surface area contributed by atoms with E-state index in [4.69, 9.17) is 30.7 Å². The number of hydrogen-bond donors (Lipinski definition) is 3. The Morgan fingerprint density at radius 2 is 1.75 bits per heavy atom. The van der Waals surface area contributed by atoms with Crippen molar-refractivity contribution in [3.8, 4) is 17.2 Å². The van der Waals surface area contributed by atoms with Gasteiger partial charge in [-0.1, -0.05) is 6.07 Å². The highest BCUT2D eigenvalue weighted by Gasteiger charge is 2.45. The maximum atomic E-state index is 7.28. The zero-order chi connectivity index (χ0) is 31.4. The van der Waals surface area contributed by atoms with Crippen LogP contribution in [0.5, 0.6) is 17.2 Å². The first-order valence-corrected chi connectivity index (χ1v) is 15.0. The van der Waals surface area contributed by atoms with Crippen LogP contribution >= 0.6 is 0 Å². The molecule has 3 aromatic rings. The average molecular weight is 607 g/mol. The van der Waals surface area contributed by atoms with Crippen LogP contribution in [-0.2, 0) is 18.8 Å². The van der Waals surface area contributed by atoms with Crippen LogP contribution in [-0.4, -0.2) is 99.6 Å². The monoisotopic (exact) mass is 606 g/mol. The van der Waals surface area contributed by atoms with Crippen molar-refractivity contribution >= 4 is 17.3 Å². The summed E-state index contributed by atoms with van der Waals surface area (Å²) in [4.78, 5) is 17.9. The Balaban J connectivity index is 1.39. The lowest BCUT2D eigenvalue weighted by Crippen LogP contribution is -2.54. The van der Waals surface area contributed by atoms with Gasteiger partial charge in [-0.15, -0.1) is 0 Å². The first kappa shape index (κ1) is 31.4. The number of anilines is 2. The number of likely N-dealkylation sites (tertiary alicyclic amines) is 1. The van der Waals surface area contributed by atoms with E-state index < -0.39 is 5.66 Å². The molecule has 0 amide bonds. The Morgan fingerprint density at radius 1 is 1.02 bits per heavy atom. The van der Waals surface area contributed by atoms with Crippen molar-refractivity contribution < 1.29 is 14.2 Å². The Hall–Kier alpha value is -4.07. The van der Waals surface area contributed by atoms with Gasteiger partial charge in [0.15, 0.2) is 17.5 Å². The number of hydrogen-bond acceptors (Lipinski definition) is 12. The van der Waals surface area contributed by atoms with Crippen LogP contribution in [0.4, 0.5) is 11.4 Å². The van der Waals surface area contributed by atoms with Crippen molar-refractivity contribution in [2.24, 2.45) is 22.4 Å². The molecule has 13 nitrogen and oxygen atoms in total. The number of H-pyrrole nitrogens is 1. The molecule has 5 rings (SSSR count). The molecule has 1 unspecified atom stereocenters. The topological polar surface area (TPSA) is 147 Å². The summed E-state index contributed by atoms with van der Waals surface area (Å²) in [5, 5.41) is 6.89. The Bertz CT molecular complexity index is 1440. The highest BCUT2D eigenvalue weighted by Crippen LogP contribution is 2.47. The normalized spacial score (nSPS) is 19.1. The molecule has 1 atom stereocenters. The number of fused-ring (bicyclic) bond motifs is 1. The number of nitrogens with one attached hydrogen (secondary N) is 1. The Labute approximate surface area is 259 Å². The molecule has 13 heteroatoms. The van der Waals surface area contributed by atoms with E-state index in [-0.39, 0.29) is 5.92 Å². The van der Waals surface area contributed by atoms with E-state index in [1.54, 1.807) is 14.2 Å². The summed E-state index contributed by atoms with van der Waals surface area (Å²) in [7, 11) is 11.5. The predicted molar refractivity (Wildman–Crippen MR) is 172 cm³/mol. The number of likely N-dealkylation sites (N-methyl/N-ethyl adjacent to an activating group) is 1. The fourth-order valence-electron chi connectivity index (χ4n) is 6.14. The maximum Gasteiger partial charge on any atom is 0.198 e. The summed E-state index contributed by atoms with van der Waals surface area (Å²) in [5.41, 5.74) is 16.9. The fraction of sp³-hybridized carbons (Fsp3) is 0.516. The maximum absolute atomic E-state index is 7.28. The molecule has 3 heterocycles. The third-order valence-corrected chi connectivity index (χ3v) is 8.55. The van der Waals surface area contributed by atoms with E-state index in [9.17, 15) is 0 Å². The number of piperidine rings is 1. The minimum Gasteiger partial charge on any atom is -0.493 e. The summed E-state index contributed by atoms with van der Waals surface area (Å²) in [5.74, 6) is 3.15. The van der Waals surface area contributed by atoms with E-state index in [2.05, 4.69) is 76.3 Å². The fourth-order valence-corrected chi connectivity index (χ4v) is 6.14. The lowest BCUT2D eigenvalue weighted by Gasteiger charge is -2.45. The van der Waals surface area contributed by atoms with Gasteiger partial charge in [-0.3, -0.25) is 10.00 Å². The van der Waals surface area contributed by atoms with Gasteiger partial charge in [-0.05, 0) is 58.2 Å². The highest BCUT2D eigenvalue weighted by atomic mass is 16.5. The van der Waals surface area contributed by atoms with Gasteiger partial charge in [0.05, 0.1) is 26.5 Å². The Kier molecular flexibility index (Phi) is 9.47. The summed E-state index contributed by atoms with van der Waals surface area (Å²) in [6, 6.07) is 10.1. The predicted octanol–water partition coefficient (Wildman–Crippen LogP) is 2.19. The number of ether oxygens (including phenoxy) is 3. The van der Waals surface area contributed by atoms with Crippen LogP contribution in [0.15, 0.2) is 41.7 Å². The number of rotatable bonds is 12. The molecule has 0 spiro atoms. The third-order valence-electron chi connectivity index (χ3n) is 8.55. The average Bonchev–Trinajstić information content (AvgIpc) is 3.52. The van der Waals surface area contributed by atoms with Crippen LogP contribution < -0.4 is 35.5 Å². The van der Waals surface area contributed by atoms with Crippen LogP contribution in [0.2, 0.25) is 0 Å². The molecule has 1 saturated heterocycles. The molecule has 5 N–H and O–H groups in total.